The summed E-state index contributed by atoms with van der Waals surface area (Å²) in [5.74, 6) is -0.865. The Morgan fingerprint density at radius 1 is 1.35 bits per heavy atom. The Labute approximate surface area is 104 Å². The van der Waals surface area contributed by atoms with Crippen molar-refractivity contribution in [3.05, 3.63) is 16.5 Å². The number of amides is 1. The molecule has 0 fully saturated rings. The van der Waals surface area contributed by atoms with Gasteiger partial charge in [0.15, 0.2) is 0 Å². The Kier molecular flexibility index (Phi) is 4.53. The lowest BCUT2D eigenvalue weighted by Crippen LogP contribution is -2.17. The number of hydrogen-bond acceptors (Lipinski definition) is 3. The molecular weight excluding hydrogens is 282 g/mol. The number of carbonyl (C=O) groups is 1. The molecule has 1 aromatic rings. The highest BCUT2D eigenvalue weighted by molar-refractivity contribution is 6.32. The van der Waals surface area contributed by atoms with Gasteiger partial charge in [-0.05, 0) is 11.6 Å². The quantitative estimate of drug-likeness (QED) is 0.687. The maximum absolute atomic E-state index is 11.8. The molecule has 1 aromatic heterocycles. The second kappa shape index (κ2) is 5.50. The van der Waals surface area contributed by atoms with Crippen molar-refractivity contribution in [2.75, 3.05) is 5.32 Å². The molecule has 0 saturated heterocycles. The Hall–Kier alpha value is -1.08. The number of anilines is 1. The maximum Gasteiger partial charge on any atom is 0.389 e. The van der Waals surface area contributed by atoms with E-state index in [1.807, 2.05) is 0 Å². The van der Waals surface area contributed by atoms with Gasteiger partial charge in [0, 0.05) is 12.5 Å². The first kappa shape index (κ1) is 14.0. The van der Waals surface area contributed by atoms with Crippen molar-refractivity contribution in [2.24, 2.45) is 0 Å². The number of nitrogens with zero attached hydrogens (tertiary/aromatic N) is 2. The lowest BCUT2D eigenvalue weighted by atomic mass is 10.3. The minimum Gasteiger partial charge on any atom is -0.311 e. The van der Waals surface area contributed by atoms with Crippen LogP contribution in [-0.2, 0) is 4.79 Å². The highest BCUT2D eigenvalue weighted by atomic mass is 35.5. The molecule has 0 aliphatic heterocycles. The molecule has 9 heteroatoms. The fourth-order valence-corrected chi connectivity index (χ4v) is 1.32. The normalized spacial score (nSPS) is 11.4. The average Bonchev–Trinajstić information content (AvgIpc) is 2.11. The monoisotopic (exact) mass is 287 g/mol. The summed E-state index contributed by atoms with van der Waals surface area (Å²) in [7, 11) is 0. The molecular formula is C8H6Cl2F3N3O. The molecule has 0 bridgehead atoms. The molecule has 17 heavy (non-hydrogen) atoms. The van der Waals surface area contributed by atoms with E-state index in [0.29, 0.717) is 0 Å². The predicted octanol–water partition coefficient (Wildman–Crippen LogP) is 3.06. The van der Waals surface area contributed by atoms with E-state index < -0.39 is 24.9 Å². The summed E-state index contributed by atoms with van der Waals surface area (Å²) in [5, 5.41) is 1.91. The molecule has 0 saturated carbocycles. The van der Waals surface area contributed by atoms with E-state index >= 15 is 0 Å². The van der Waals surface area contributed by atoms with Gasteiger partial charge in [-0.1, -0.05) is 11.6 Å². The molecule has 0 atom stereocenters. The zero-order chi connectivity index (χ0) is 13.1. The molecule has 94 valence electrons. The fourth-order valence-electron chi connectivity index (χ4n) is 0.915. The van der Waals surface area contributed by atoms with Crippen molar-refractivity contribution in [1.29, 1.82) is 0 Å². The van der Waals surface area contributed by atoms with E-state index in [1.165, 1.54) is 6.07 Å². The molecule has 1 amide bonds. The number of hydrogen-bond donors (Lipinski definition) is 1. The summed E-state index contributed by atoms with van der Waals surface area (Å²) in [4.78, 5) is 18.2. The van der Waals surface area contributed by atoms with Crippen LogP contribution in [0.5, 0.6) is 0 Å². The second-order valence-corrected chi connectivity index (χ2v) is 3.73. The van der Waals surface area contributed by atoms with Gasteiger partial charge in [-0.3, -0.25) is 4.79 Å². The molecule has 4 nitrogen and oxygen atoms in total. The smallest absolute Gasteiger partial charge is 0.311 e. The van der Waals surface area contributed by atoms with Crippen molar-refractivity contribution >= 4 is 34.9 Å². The third-order valence-electron chi connectivity index (χ3n) is 1.57. The Morgan fingerprint density at radius 2 is 2.00 bits per heavy atom. The topological polar surface area (TPSA) is 54.9 Å². The Morgan fingerprint density at radius 3 is 2.53 bits per heavy atom. The van der Waals surface area contributed by atoms with Crippen LogP contribution in [-0.4, -0.2) is 22.1 Å². The summed E-state index contributed by atoms with van der Waals surface area (Å²) < 4.78 is 35.5. The molecule has 0 radical (unpaired) electrons. The van der Waals surface area contributed by atoms with E-state index in [9.17, 15) is 18.0 Å². The van der Waals surface area contributed by atoms with Crippen molar-refractivity contribution in [1.82, 2.24) is 9.97 Å². The second-order valence-electron chi connectivity index (χ2n) is 3.01. The van der Waals surface area contributed by atoms with Crippen molar-refractivity contribution in [2.45, 2.75) is 19.0 Å². The third-order valence-corrected chi connectivity index (χ3v) is 1.93. The Balaban J connectivity index is 2.56. The van der Waals surface area contributed by atoms with Gasteiger partial charge in [0.1, 0.15) is 11.0 Å². The van der Waals surface area contributed by atoms with Gasteiger partial charge >= 0.3 is 6.18 Å². The van der Waals surface area contributed by atoms with Crippen LogP contribution in [0.4, 0.5) is 19.0 Å². The van der Waals surface area contributed by atoms with Crippen LogP contribution >= 0.6 is 23.2 Å². The van der Waals surface area contributed by atoms with E-state index in [4.69, 9.17) is 23.2 Å². The van der Waals surface area contributed by atoms with Gasteiger partial charge in [-0.15, -0.1) is 0 Å². The van der Waals surface area contributed by atoms with Gasteiger partial charge in [0.25, 0.3) is 0 Å². The average molecular weight is 288 g/mol. The van der Waals surface area contributed by atoms with Gasteiger partial charge in [0.05, 0.1) is 6.42 Å². The van der Waals surface area contributed by atoms with Crippen LogP contribution in [0.1, 0.15) is 12.8 Å². The van der Waals surface area contributed by atoms with Crippen LogP contribution < -0.4 is 5.32 Å². The van der Waals surface area contributed by atoms with Gasteiger partial charge in [-0.25, -0.2) is 9.97 Å². The predicted molar refractivity (Wildman–Crippen MR) is 56.0 cm³/mol. The first-order valence-corrected chi connectivity index (χ1v) is 5.08. The number of alkyl halides is 3. The zero-order valence-electron chi connectivity index (χ0n) is 8.18. The van der Waals surface area contributed by atoms with Crippen LogP contribution in [0, 0.1) is 0 Å². The maximum atomic E-state index is 11.8. The lowest BCUT2D eigenvalue weighted by Gasteiger charge is -2.07. The molecule has 0 aromatic carbocycles. The fraction of sp³-hybridized carbons (Fsp3) is 0.375. The van der Waals surface area contributed by atoms with E-state index in [-0.39, 0.29) is 16.3 Å². The van der Waals surface area contributed by atoms with Crippen molar-refractivity contribution in [3.8, 4) is 0 Å². The molecule has 0 aliphatic rings. The van der Waals surface area contributed by atoms with Crippen molar-refractivity contribution in [3.63, 3.8) is 0 Å². The van der Waals surface area contributed by atoms with Gasteiger partial charge < -0.3 is 5.32 Å². The highest BCUT2D eigenvalue weighted by Crippen LogP contribution is 2.22. The number of aromatic nitrogens is 2. The van der Waals surface area contributed by atoms with Crippen LogP contribution in [0.15, 0.2) is 6.07 Å². The lowest BCUT2D eigenvalue weighted by molar-refractivity contribution is -0.142. The summed E-state index contributed by atoms with van der Waals surface area (Å²) in [5.41, 5.74) is 0. The molecule has 1 heterocycles. The van der Waals surface area contributed by atoms with E-state index in [1.54, 1.807) is 0 Å². The summed E-state index contributed by atoms with van der Waals surface area (Å²) in [6, 6.07) is 1.18. The SMILES string of the molecule is O=C(CCC(F)(F)F)Nc1cc(Cl)nc(Cl)n1. The number of nitrogens with one attached hydrogen (secondary N) is 1. The standard InChI is InChI=1S/C8H6Cl2F3N3O/c9-4-3-5(16-7(10)14-4)15-6(17)1-2-8(11,12)13/h3H,1-2H2,(H,14,15,16,17). The van der Waals surface area contributed by atoms with Gasteiger partial charge in [0.2, 0.25) is 11.2 Å². The molecule has 0 unspecified atom stereocenters. The highest BCUT2D eigenvalue weighted by Gasteiger charge is 2.27. The van der Waals surface area contributed by atoms with Crippen molar-refractivity contribution < 1.29 is 18.0 Å². The first-order chi connectivity index (χ1) is 7.76. The van der Waals surface area contributed by atoms with Crippen LogP contribution in [0.2, 0.25) is 10.4 Å². The number of halogens is 5. The third kappa shape index (κ3) is 5.69. The summed E-state index contributed by atoms with van der Waals surface area (Å²) >= 11 is 11.0. The Bertz CT molecular complexity index is 405. The zero-order valence-corrected chi connectivity index (χ0v) is 9.70. The minimum absolute atomic E-state index is 0.0175. The summed E-state index contributed by atoms with van der Waals surface area (Å²) in [6.45, 7) is 0. The van der Waals surface area contributed by atoms with Crippen LogP contribution in [0.25, 0.3) is 0 Å². The first-order valence-electron chi connectivity index (χ1n) is 4.33. The molecule has 1 N–H and O–H groups in total. The van der Waals surface area contributed by atoms with Crippen LogP contribution in [0.3, 0.4) is 0 Å². The molecule has 1 rings (SSSR count). The number of carbonyl (C=O) groups excluding carboxylic acids is 1. The number of rotatable bonds is 3. The van der Waals surface area contributed by atoms with E-state index in [2.05, 4.69) is 15.3 Å². The van der Waals surface area contributed by atoms with Gasteiger partial charge in [-0.2, -0.15) is 13.2 Å². The summed E-state index contributed by atoms with van der Waals surface area (Å²) in [6.07, 6.45) is -6.27. The molecule has 0 aliphatic carbocycles. The largest absolute Gasteiger partial charge is 0.389 e. The minimum atomic E-state index is -4.38. The van der Waals surface area contributed by atoms with E-state index in [0.717, 1.165) is 0 Å². The molecule has 0 spiro atoms.